The quantitative estimate of drug-likeness (QED) is 0.569. The topological polar surface area (TPSA) is 86.1 Å². The second-order valence-corrected chi connectivity index (χ2v) is 7.67. The van der Waals surface area contributed by atoms with E-state index in [1.54, 1.807) is 10.3 Å². The summed E-state index contributed by atoms with van der Waals surface area (Å²) >= 11 is 13.1. The molecule has 0 spiro atoms. The molecule has 1 aromatic carbocycles. The number of thiazole rings is 1. The number of halogens is 2. The molecular weight excluding hydrogens is 407 g/mol. The number of carbonyl (C=O) groups excluding carboxylic acids is 2. The average molecular weight is 421 g/mol. The van der Waals surface area contributed by atoms with E-state index in [2.05, 4.69) is 10.3 Å². The summed E-state index contributed by atoms with van der Waals surface area (Å²) in [6, 6.07) is 6.65. The molecule has 1 saturated carbocycles. The van der Waals surface area contributed by atoms with Crippen molar-refractivity contribution in [1.82, 2.24) is 4.98 Å². The summed E-state index contributed by atoms with van der Waals surface area (Å²) in [4.78, 5) is 30.2. The number of nitriles is 1. The van der Waals surface area contributed by atoms with Gasteiger partial charge in [0.05, 0.1) is 5.69 Å². The van der Waals surface area contributed by atoms with Crippen molar-refractivity contribution in [3.63, 3.8) is 0 Å². The monoisotopic (exact) mass is 420 g/mol. The second kappa shape index (κ2) is 8.09. The SMILES string of the molecule is CC(=O)N(c1nc(/C=C(/C#N)C(=O)Nc2cc(Cl)cc(Cl)c2)cs1)C1CC1. The van der Waals surface area contributed by atoms with Crippen molar-refractivity contribution in [3.05, 3.63) is 44.9 Å². The summed E-state index contributed by atoms with van der Waals surface area (Å²) in [5.74, 6) is -0.672. The predicted octanol–water partition coefficient (Wildman–Crippen LogP) is 4.51. The lowest BCUT2D eigenvalue weighted by molar-refractivity contribution is -0.116. The van der Waals surface area contributed by atoms with Gasteiger partial charge in [0.15, 0.2) is 5.13 Å². The van der Waals surface area contributed by atoms with E-state index in [0.29, 0.717) is 26.6 Å². The molecule has 1 fully saturated rings. The lowest BCUT2D eigenvalue weighted by atomic mass is 10.2. The maximum atomic E-state index is 12.4. The van der Waals surface area contributed by atoms with Crippen molar-refractivity contribution in [1.29, 1.82) is 5.26 Å². The highest BCUT2D eigenvalue weighted by molar-refractivity contribution is 7.14. The van der Waals surface area contributed by atoms with Crippen LogP contribution in [-0.4, -0.2) is 22.8 Å². The van der Waals surface area contributed by atoms with Gasteiger partial charge in [-0.3, -0.25) is 14.5 Å². The van der Waals surface area contributed by atoms with Crippen LogP contribution in [0.4, 0.5) is 10.8 Å². The number of hydrogen-bond donors (Lipinski definition) is 1. The van der Waals surface area contributed by atoms with Crippen molar-refractivity contribution < 1.29 is 9.59 Å². The molecule has 6 nitrogen and oxygen atoms in total. The van der Waals surface area contributed by atoms with Crippen LogP contribution >= 0.6 is 34.5 Å². The number of nitrogens with one attached hydrogen (secondary N) is 1. The number of nitrogens with zero attached hydrogens (tertiary/aromatic N) is 3. The van der Waals surface area contributed by atoms with Gasteiger partial charge in [-0.1, -0.05) is 23.2 Å². The van der Waals surface area contributed by atoms with Crippen LogP contribution in [0.3, 0.4) is 0 Å². The third-order valence-electron chi connectivity index (χ3n) is 3.74. The minimum Gasteiger partial charge on any atom is -0.321 e. The summed E-state index contributed by atoms with van der Waals surface area (Å²) in [5.41, 5.74) is 0.704. The molecule has 138 valence electrons. The number of hydrogen-bond acceptors (Lipinski definition) is 5. The minimum atomic E-state index is -0.601. The maximum absolute atomic E-state index is 12.4. The Hall–Kier alpha value is -2.40. The molecule has 2 aromatic rings. The molecule has 1 N–H and O–H groups in total. The molecule has 3 rings (SSSR count). The van der Waals surface area contributed by atoms with Crippen molar-refractivity contribution in [3.8, 4) is 6.07 Å². The van der Waals surface area contributed by atoms with Gasteiger partial charge in [-0.25, -0.2) is 4.98 Å². The van der Waals surface area contributed by atoms with E-state index in [1.165, 1.54) is 42.5 Å². The van der Waals surface area contributed by atoms with Crippen LogP contribution < -0.4 is 10.2 Å². The van der Waals surface area contributed by atoms with E-state index in [4.69, 9.17) is 23.2 Å². The van der Waals surface area contributed by atoms with Crippen LogP contribution in [-0.2, 0) is 9.59 Å². The smallest absolute Gasteiger partial charge is 0.266 e. The van der Waals surface area contributed by atoms with E-state index >= 15 is 0 Å². The molecule has 0 atom stereocenters. The standard InChI is InChI=1S/C18H14Cl2N4O2S/c1-10(25)24(16-2-3-16)18-23-15(9-27-18)4-11(8-21)17(26)22-14-6-12(19)5-13(20)7-14/h4-7,9,16H,2-3H2,1H3,(H,22,26)/b11-4-. The molecule has 0 saturated heterocycles. The highest BCUT2D eigenvalue weighted by Crippen LogP contribution is 2.34. The van der Waals surface area contributed by atoms with Crippen molar-refractivity contribution in [2.75, 3.05) is 10.2 Å². The van der Waals surface area contributed by atoms with Crippen LogP contribution in [0.2, 0.25) is 10.0 Å². The Labute approximate surface area is 170 Å². The van der Waals surface area contributed by atoms with Gasteiger partial charge in [-0.15, -0.1) is 11.3 Å². The minimum absolute atomic E-state index is 0.0709. The fraction of sp³-hybridized carbons (Fsp3) is 0.222. The Morgan fingerprint density at radius 1 is 1.33 bits per heavy atom. The van der Waals surface area contributed by atoms with Gasteiger partial charge in [-0.05, 0) is 37.1 Å². The number of carbonyl (C=O) groups is 2. The van der Waals surface area contributed by atoms with E-state index < -0.39 is 5.91 Å². The third kappa shape index (κ3) is 4.86. The Morgan fingerprint density at radius 3 is 2.56 bits per heavy atom. The summed E-state index contributed by atoms with van der Waals surface area (Å²) in [6.45, 7) is 1.50. The molecule has 1 aliphatic carbocycles. The van der Waals surface area contributed by atoms with E-state index in [1.807, 2.05) is 6.07 Å². The largest absolute Gasteiger partial charge is 0.321 e. The van der Waals surface area contributed by atoms with Crippen molar-refractivity contribution in [2.24, 2.45) is 0 Å². The van der Waals surface area contributed by atoms with Gasteiger partial charge < -0.3 is 5.32 Å². The predicted molar refractivity (Wildman–Crippen MR) is 107 cm³/mol. The van der Waals surface area contributed by atoms with Gasteiger partial charge in [0, 0.05) is 34.1 Å². The van der Waals surface area contributed by atoms with Gasteiger partial charge in [0.25, 0.3) is 5.91 Å². The Balaban J connectivity index is 1.79. The van der Waals surface area contributed by atoms with Gasteiger partial charge >= 0.3 is 0 Å². The van der Waals surface area contributed by atoms with E-state index in [9.17, 15) is 14.9 Å². The Morgan fingerprint density at radius 2 is 2.00 bits per heavy atom. The molecule has 1 aromatic heterocycles. The second-order valence-electron chi connectivity index (χ2n) is 5.96. The van der Waals surface area contributed by atoms with Crippen LogP contribution in [0.1, 0.15) is 25.5 Å². The molecule has 0 aliphatic heterocycles. The summed E-state index contributed by atoms with van der Waals surface area (Å²) < 4.78 is 0. The number of anilines is 2. The molecule has 1 aliphatic rings. The van der Waals surface area contributed by atoms with Crippen LogP contribution in [0, 0.1) is 11.3 Å². The molecule has 1 heterocycles. The number of aromatic nitrogens is 1. The Kier molecular flexibility index (Phi) is 5.80. The fourth-order valence-corrected chi connectivity index (χ4v) is 3.88. The zero-order chi connectivity index (χ0) is 19.6. The van der Waals surface area contributed by atoms with Crippen LogP contribution in [0.15, 0.2) is 29.2 Å². The van der Waals surface area contributed by atoms with Gasteiger partial charge in [0.1, 0.15) is 11.6 Å². The molecule has 0 radical (unpaired) electrons. The first-order valence-corrected chi connectivity index (χ1v) is 9.65. The number of amides is 2. The molecule has 2 amide bonds. The lowest BCUT2D eigenvalue weighted by Crippen LogP contribution is -2.30. The first-order valence-electron chi connectivity index (χ1n) is 8.02. The average Bonchev–Trinajstić information content (AvgIpc) is 3.29. The van der Waals surface area contributed by atoms with Crippen molar-refractivity contribution in [2.45, 2.75) is 25.8 Å². The number of benzene rings is 1. The first-order chi connectivity index (χ1) is 12.9. The number of rotatable bonds is 5. The zero-order valence-electron chi connectivity index (χ0n) is 14.2. The fourth-order valence-electron chi connectivity index (χ4n) is 2.45. The normalized spacial score (nSPS) is 13.8. The lowest BCUT2D eigenvalue weighted by Gasteiger charge is -2.16. The Bertz CT molecular complexity index is 956. The summed E-state index contributed by atoms with van der Waals surface area (Å²) in [7, 11) is 0. The zero-order valence-corrected chi connectivity index (χ0v) is 16.5. The molecule has 0 unspecified atom stereocenters. The maximum Gasteiger partial charge on any atom is 0.266 e. The van der Waals surface area contributed by atoms with Crippen molar-refractivity contribution >= 4 is 63.2 Å². The van der Waals surface area contributed by atoms with E-state index in [-0.39, 0.29) is 17.5 Å². The highest BCUT2D eigenvalue weighted by atomic mass is 35.5. The first kappa shape index (κ1) is 19.4. The molecule has 9 heteroatoms. The highest BCUT2D eigenvalue weighted by Gasteiger charge is 2.33. The summed E-state index contributed by atoms with van der Waals surface area (Å²) in [6.07, 6.45) is 3.30. The molecule has 0 bridgehead atoms. The van der Waals surface area contributed by atoms with Gasteiger partial charge in [0.2, 0.25) is 5.91 Å². The third-order valence-corrected chi connectivity index (χ3v) is 5.04. The molecule has 27 heavy (non-hydrogen) atoms. The van der Waals surface area contributed by atoms with E-state index in [0.717, 1.165) is 12.8 Å². The summed E-state index contributed by atoms with van der Waals surface area (Å²) in [5, 5.41) is 14.9. The van der Waals surface area contributed by atoms with Crippen LogP contribution in [0.25, 0.3) is 6.08 Å². The molecular formula is C18H14Cl2N4O2S. The van der Waals surface area contributed by atoms with Gasteiger partial charge in [-0.2, -0.15) is 5.26 Å². The van der Waals surface area contributed by atoms with Crippen LogP contribution in [0.5, 0.6) is 0 Å².